The zero-order chi connectivity index (χ0) is 14.0. The fourth-order valence-electron chi connectivity index (χ4n) is 2.33. The lowest BCUT2D eigenvalue weighted by molar-refractivity contribution is -0.187. The second kappa shape index (κ2) is 5.46. The molecule has 1 aliphatic heterocycles. The van der Waals surface area contributed by atoms with Crippen molar-refractivity contribution in [2.75, 3.05) is 26.2 Å². The first-order valence-corrected chi connectivity index (χ1v) is 6.17. The van der Waals surface area contributed by atoms with Crippen molar-refractivity contribution in [3.05, 3.63) is 35.1 Å². The standard InChI is InChI=1S/C13H16F4N2/c1-9-2-3-10(8-11(9)14)12(13(15,16)17)19-6-4-18-5-7-19/h2-3,8,12,18H,4-7H2,1H3/t12-/m1/s1. The van der Waals surface area contributed by atoms with Crippen molar-refractivity contribution in [2.24, 2.45) is 0 Å². The summed E-state index contributed by atoms with van der Waals surface area (Å²) in [6.45, 7) is 3.17. The maximum Gasteiger partial charge on any atom is 0.408 e. The van der Waals surface area contributed by atoms with E-state index in [0.29, 0.717) is 31.7 Å². The van der Waals surface area contributed by atoms with Crippen molar-refractivity contribution < 1.29 is 17.6 Å². The van der Waals surface area contributed by atoms with E-state index in [-0.39, 0.29) is 5.56 Å². The molecule has 1 heterocycles. The van der Waals surface area contributed by atoms with Gasteiger partial charge in [-0.05, 0) is 24.1 Å². The van der Waals surface area contributed by atoms with Crippen LogP contribution in [0.15, 0.2) is 18.2 Å². The third-order valence-electron chi connectivity index (χ3n) is 3.34. The molecule has 1 aliphatic rings. The van der Waals surface area contributed by atoms with E-state index in [1.54, 1.807) is 0 Å². The van der Waals surface area contributed by atoms with E-state index < -0.39 is 18.0 Å². The number of piperazine rings is 1. The van der Waals surface area contributed by atoms with Crippen LogP contribution in [0.25, 0.3) is 0 Å². The van der Waals surface area contributed by atoms with Gasteiger partial charge in [-0.15, -0.1) is 0 Å². The molecule has 106 valence electrons. The van der Waals surface area contributed by atoms with Crippen LogP contribution in [-0.2, 0) is 0 Å². The Hall–Kier alpha value is -1.14. The zero-order valence-electron chi connectivity index (χ0n) is 10.6. The second-order valence-electron chi connectivity index (χ2n) is 4.74. The highest BCUT2D eigenvalue weighted by molar-refractivity contribution is 5.27. The summed E-state index contributed by atoms with van der Waals surface area (Å²) in [4.78, 5) is 1.35. The molecule has 0 spiro atoms. The maximum atomic E-state index is 13.5. The van der Waals surface area contributed by atoms with E-state index in [0.717, 1.165) is 6.07 Å². The van der Waals surface area contributed by atoms with Gasteiger partial charge in [-0.3, -0.25) is 4.90 Å². The van der Waals surface area contributed by atoms with Crippen LogP contribution in [0.2, 0.25) is 0 Å². The van der Waals surface area contributed by atoms with Crippen molar-refractivity contribution in [3.63, 3.8) is 0 Å². The predicted molar refractivity (Wildman–Crippen MR) is 64.4 cm³/mol. The minimum absolute atomic E-state index is 0.0301. The van der Waals surface area contributed by atoms with Crippen LogP contribution in [0, 0.1) is 12.7 Å². The van der Waals surface area contributed by atoms with E-state index in [9.17, 15) is 17.6 Å². The van der Waals surface area contributed by atoms with Crippen LogP contribution in [0.5, 0.6) is 0 Å². The number of hydrogen-bond donors (Lipinski definition) is 1. The summed E-state index contributed by atoms with van der Waals surface area (Å²) >= 11 is 0. The number of alkyl halides is 3. The van der Waals surface area contributed by atoms with Gasteiger partial charge in [-0.2, -0.15) is 13.2 Å². The molecule has 19 heavy (non-hydrogen) atoms. The zero-order valence-corrected chi connectivity index (χ0v) is 10.6. The van der Waals surface area contributed by atoms with Crippen LogP contribution in [0.3, 0.4) is 0 Å². The third kappa shape index (κ3) is 3.25. The molecule has 1 N–H and O–H groups in total. The first-order valence-electron chi connectivity index (χ1n) is 6.17. The average Bonchev–Trinajstić information content (AvgIpc) is 2.34. The van der Waals surface area contributed by atoms with E-state index in [4.69, 9.17) is 0 Å². The highest BCUT2D eigenvalue weighted by Crippen LogP contribution is 2.38. The molecule has 0 amide bonds. The van der Waals surface area contributed by atoms with Gasteiger partial charge in [0.25, 0.3) is 0 Å². The Bertz CT molecular complexity index is 439. The highest BCUT2D eigenvalue weighted by atomic mass is 19.4. The van der Waals surface area contributed by atoms with Gasteiger partial charge >= 0.3 is 6.18 Å². The van der Waals surface area contributed by atoms with Crippen molar-refractivity contribution in [3.8, 4) is 0 Å². The van der Waals surface area contributed by atoms with E-state index >= 15 is 0 Å². The van der Waals surface area contributed by atoms with Gasteiger partial charge < -0.3 is 5.32 Å². The summed E-state index contributed by atoms with van der Waals surface area (Å²) in [7, 11) is 0. The van der Waals surface area contributed by atoms with E-state index in [2.05, 4.69) is 5.32 Å². The van der Waals surface area contributed by atoms with Gasteiger partial charge in [0, 0.05) is 26.2 Å². The Balaban J connectivity index is 2.33. The molecule has 1 saturated heterocycles. The largest absolute Gasteiger partial charge is 0.408 e. The number of hydrogen-bond acceptors (Lipinski definition) is 2. The fraction of sp³-hybridized carbons (Fsp3) is 0.538. The summed E-state index contributed by atoms with van der Waals surface area (Å²) < 4.78 is 53.2. The van der Waals surface area contributed by atoms with Crippen LogP contribution in [0.4, 0.5) is 17.6 Å². The molecule has 2 nitrogen and oxygen atoms in total. The monoisotopic (exact) mass is 276 g/mol. The molecule has 0 unspecified atom stereocenters. The lowest BCUT2D eigenvalue weighted by Crippen LogP contribution is -2.49. The number of nitrogens with one attached hydrogen (secondary N) is 1. The first kappa shape index (κ1) is 14.3. The second-order valence-corrected chi connectivity index (χ2v) is 4.74. The fourth-order valence-corrected chi connectivity index (χ4v) is 2.33. The molecule has 1 aromatic carbocycles. The number of nitrogens with zero attached hydrogens (tertiary/aromatic N) is 1. The molecule has 0 radical (unpaired) electrons. The summed E-state index contributed by atoms with van der Waals surface area (Å²) in [5.41, 5.74) is 0.322. The summed E-state index contributed by atoms with van der Waals surface area (Å²) in [5, 5.41) is 3.01. The topological polar surface area (TPSA) is 15.3 Å². The molecule has 0 saturated carbocycles. The minimum Gasteiger partial charge on any atom is -0.314 e. The van der Waals surface area contributed by atoms with E-state index in [1.807, 2.05) is 0 Å². The molecule has 6 heteroatoms. The van der Waals surface area contributed by atoms with Crippen LogP contribution >= 0.6 is 0 Å². The van der Waals surface area contributed by atoms with Gasteiger partial charge in [0.15, 0.2) is 0 Å². The molecule has 1 atom stereocenters. The third-order valence-corrected chi connectivity index (χ3v) is 3.34. The predicted octanol–water partition coefficient (Wildman–Crippen LogP) is 2.64. The summed E-state index contributed by atoms with van der Waals surface area (Å²) in [6, 6.07) is 2.02. The van der Waals surface area contributed by atoms with Gasteiger partial charge in [-0.1, -0.05) is 12.1 Å². The lowest BCUT2D eigenvalue weighted by atomic mass is 10.0. The summed E-state index contributed by atoms with van der Waals surface area (Å²) in [6.07, 6.45) is -4.40. The van der Waals surface area contributed by atoms with Gasteiger partial charge in [0.05, 0.1) is 0 Å². The molecule has 1 fully saturated rings. The molecule has 1 aromatic rings. The van der Waals surface area contributed by atoms with Crippen molar-refractivity contribution >= 4 is 0 Å². The van der Waals surface area contributed by atoms with Crippen LogP contribution < -0.4 is 5.32 Å². The number of halogens is 4. The Kier molecular flexibility index (Phi) is 4.10. The number of benzene rings is 1. The van der Waals surface area contributed by atoms with Crippen molar-refractivity contribution in [1.82, 2.24) is 10.2 Å². The van der Waals surface area contributed by atoms with E-state index in [1.165, 1.54) is 24.0 Å². The first-order chi connectivity index (χ1) is 8.89. The Morgan fingerprint density at radius 3 is 2.37 bits per heavy atom. The van der Waals surface area contributed by atoms with Gasteiger partial charge in [-0.25, -0.2) is 4.39 Å². The minimum atomic E-state index is -4.40. The quantitative estimate of drug-likeness (QED) is 0.835. The summed E-state index contributed by atoms with van der Waals surface area (Å²) in [5.74, 6) is -0.595. The van der Waals surface area contributed by atoms with Crippen molar-refractivity contribution in [2.45, 2.75) is 19.1 Å². The van der Waals surface area contributed by atoms with Crippen LogP contribution in [0.1, 0.15) is 17.2 Å². The smallest absolute Gasteiger partial charge is 0.314 e. The average molecular weight is 276 g/mol. The van der Waals surface area contributed by atoms with Gasteiger partial charge in [0.1, 0.15) is 11.9 Å². The lowest BCUT2D eigenvalue weighted by Gasteiger charge is -2.36. The Morgan fingerprint density at radius 1 is 1.21 bits per heavy atom. The Morgan fingerprint density at radius 2 is 1.84 bits per heavy atom. The maximum absolute atomic E-state index is 13.5. The molecule has 0 aromatic heterocycles. The molecular formula is C13H16F4N2. The van der Waals surface area contributed by atoms with Gasteiger partial charge in [0.2, 0.25) is 0 Å². The van der Waals surface area contributed by atoms with Crippen LogP contribution in [-0.4, -0.2) is 37.3 Å². The number of rotatable bonds is 2. The molecule has 0 bridgehead atoms. The molecular weight excluding hydrogens is 260 g/mol. The van der Waals surface area contributed by atoms with Crippen molar-refractivity contribution in [1.29, 1.82) is 0 Å². The SMILES string of the molecule is Cc1ccc([C@@H](N2CCNCC2)C(F)(F)F)cc1F. The molecule has 2 rings (SSSR count). The normalized spacial score (nSPS) is 19.4. The highest BCUT2D eigenvalue weighted by Gasteiger charge is 2.45. The molecule has 0 aliphatic carbocycles. The number of aryl methyl sites for hydroxylation is 1. The Labute approximate surface area is 109 Å².